The first-order valence-corrected chi connectivity index (χ1v) is 7.56. The van der Waals surface area contributed by atoms with Gasteiger partial charge in [-0.3, -0.25) is 0 Å². The van der Waals surface area contributed by atoms with Crippen LogP contribution in [0.3, 0.4) is 0 Å². The summed E-state index contributed by atoms with van der Waals surface area (Å²) in [6.45, 7) is 4.17. The van der Waals surface area contributed by atoms with E-state index in [1.54, 1.807) is 11.3 Å². The second-order valence-corrected chi connectivity index (χ2v) is 6.15. The van der Waals surface area contributed by atoms with Gasteiger partial charge in [-0.15, -0.1) is 10.2 Å². The highest BCUT2D eigenvalue weighted by Gasteiger charge is 2.12. The third kappa shape index (κ3) is 1.93. The summed E-state index contributed by atoms with van der Waals surface area (Å²) in [4.78, 5) is 0.859. The summed E-state index contributed by atoms with van der Waals surface area (Å²) in [6, 6.07) is 6.39. The zero-order valence-electron chi connectivity index (χ0n) is 10.0. The van der Waals surface area contributed by atoms with Gasteiger partial charge in [0.1, 0.15) is 5.01 Å². The summed E-state index contributed by atoms with van der Waals surface area (Å²) in [5.41, 5.74) is 2.42. The third-order valence-corrected chi connectivity index (χ3v) is 4.93. The predicted octanol–water partition coefficient (Wildman–Crippen LogP) is 3.33. The molecule has 0 amide bonds. The molecule has 0 atom stereocenters. The molecule has 1 aromatic carbocycles. The molecule has 0 spiro atoms. The van der Waals surface area contributed by atoms with Crippen LogP contribution in [0, 0.1) is 10.5 Å². The van der Waals surface area contributed by atoms with Crippen LogP contribution >= 0.6 is 33.9 Å². The van der Waals surface area contributed by atoms with Crippen molar-refractivity contribution < 1.29 is 0 Å². The van der Waals surface area contributed by atoms with Gasteiger partial charge in [0.2, 0.25) is 4.96 Å². The number of benzene rings is 1. The Balaban J connectivity index is 2.13. The molecule has 92 valence electrons. The fraction of sp³-hybridized carbons (Fsp3) is 0.250. The zero-order valence-corrected chi connectivity index (χ0v) is 13.0. The molecule has 0 saturated heterocycles. The third-order valence-electron chi connectivity index (χ3n) is 2.78. The van der Waals surface area contributed by atoms with Crippen LogP contribution in [-0.4, -0.2) is 19.8 Å². The normalized spacial score (nSPS) is 11.3. The van der Waals surface area contributed by atoms with Gasteiger partial charge in [-0.25, -0.2) is 0 Å². The second kappa shape index (κ2) is 4.58. The molecule has 0 unspecified atom stereocenters. The van der Waals surface area contributed by atoms with E-state index in [1.807, 2.05) is 4.52 Å². The van der Waals surface area contributed by atoms with E-state index in [-0.39, 0.29) is 0 Å². The zero-order chi connectivity index (χ0) is 12.7. The minimum absolute atomic E-state index is 0.843. The van der Waals surface area contributed by atoms with E-state index < -0.39 is 0 Å². The second-order valence-electron chi connectivity index (χ2n) is 4.04. The molecule has 18 heavy (non-hydrogen) atoms. The van der Waals surface area contributed by atoms with Crippen LogP contribution in [0.25, 0.3) is 15.5 Å². The lowest BCUT2D eigenvalue weighted by Gasteiger charge is -2.00. The van der Waals surface area contributed by atoms with Gasteiger partial charge in [-0.2, -0.15) is 9.61 Å². The lowest BCUT2D eigenvalue weighted by Crippen LogP contribution is -1.93. The Labute approximate surface area is 122 Å². The first-order valence-electron chi connectivity index (χ1n) is 5.66. The van der Waals surface area contributed by atoms with Crippen LogP contribution in [0.5, 0.6) is 0 Å². The van der Waals surface area contributed by atoms with Crippen LogP contribution in [0.15, 0.2) is 18.2 Å². The average molecular weight is 370 g/mol. The van der Waals surface area contributed by atoms with Crippen LogP contribution in [0.4, 0.5) is 0 Å². The predicted molar refractivity (Wildman–Crippen MR) is 80.9 cm³/mol. The molecule has 3 rings (SSSR count). The average Bonchev–Trinajstić information content (AvgIpc) is 2.92. The maximum atomic E-state index is 4.59. The number of rotatable bonds is 2. The highest BCUT2D eigenvalue weighted by Crippen LogP contribution is 2.27. The molecule has 2 aromatic heterocycles. The van der Waals surface area contributed by atoms with Crippen molar-refractivity contribution in [3.8, 4) is 10.6 Å². The smallest absolute Gasteiger partial charge is 0.187 e. The van der Waals surface area contributed by atoms with Gasteiger partial charge in [-0.05, 0) is 47.2 Å². The topological polar surface area (TPSA) is 43.1 Å². The van der Waals surface area contributed by atoms with E-state index in [9.17, 15) is 0 Å². The number of aryl methyl sites for hydroxylation is 2. The first kappa shape index (κ1) is 12.0. The summed E-state index contributed by atoms with van der Waals surface area (Å²) < 4.78 is 3.11. The van der Waals surface area contributed by atoms with Crippen molar-refractivity contribution in [2.75, 3.05) is 0 Å². The molecule has 0 bridgehead atoms. The summed E-state index contributed by atoms with van der Waals surface area (Å²) in [6.07, 6.45) is 0.843. The molecule has 0 saturated carbocycles. The van der Waals surface area contributed by atoms with Gasteiger partial charge in [-0.1, -0.05) is 24.3 Å². The van der Waals surface area contributed by atoms with E-state index in [4.69, 9.17) is 0 Å². The van der Waals surface area contributed by atoms with E-state index >= 15 is 0 Å². The molecule has 0 fully saturated rings. The van der Waals surface area contributed by atoms with Crippen molar-refractivity contribution in [3.63, 3.8) is 0 Å². The number of halogens is 1. The molecule has 0 N–H and O–H groups in total. The van der Waals surface area contributed by atoms with Crippen LogP contribution in [0.2, 0.25) is 0 Å². The fourth-order valence-corrected chi connectivity index (χ4v) is 2.96. The maximum absolute atomic E-state index is 4.59. The Kier molecular flexibility index (Phi) is 3.06. The Bertz CT molecular complexity index is 716. The van der Waals surface area contributed by atoms with Crippen LogP contribution in [0.1, 0.15) is 18.3 Å². The van der Waals surface area contributed by atoms with Gasteiger partial charge < -0.3 is 0 Å². The molecule has 0 aliphatic carbocycles. The number of hydrogen-bond acceptors (Lipinski definition) is 4. The Morgan fingerprint density at radius 2 is 2.17 bits per heavy atom. The molecule has 0 radical (unpaired) electrons. The number of hydrogen-bond donors (Lipinski definition) is 0. The Hall–Kier alpha value is -1.02. The van der Waals surface area contributed by atoms with Crippen molar-refractivity contribution in [2.45, 2.75) is 20.3 Å². The van der Waals surface area contributed by atoms with Crippen molar-refractivity contribution in [1.29, 1.82) is 0 Å². The minimum Gasteiger partial charge on any atom is -0.187 e. The molecule has 0 aliphatic heterocycles. The maximum Gasteiger partial charge on any atom is 0.234 e. The molecule has 2 heterocycles. The van der Waals surface area contributed by atoms with Gasteiger partial charge in [0.05, 0.1) is 0 Å². The SMILES string of the molecule is CCc1nnc2sc(-c3ccc(I)c(C)c3)nn12. The van der Waals surface area contributed by atoms with Crippen molar-refractivity contribution in [3.05, 3.63) is 33.2 Å². The molecule has 4 nitrogen and oxygen atoms in total. The van der Waals surface area contributed by atoms with Crippen molar-refractivity contribution in [1.82, 2.24) is 19.8 Å². The van der Waals surface area contributed by atoms with Crippen molar-refractivity contribution >= 4 is 38.9 Å². The van der Waals surface area contributed by atoms with E-state index in [1.165, 1.54) is 9.13 Å². The first-order chi connectivity index (χ1) is 8.69. The highest BCUT2D eigenvalue weighted by atomic mass is 127. The number of nitrogens with zero attached hydrogens (tertiary/aromatic N) is 4. The summed E-state index contributed by atoms with van der Waals surface area (Å²) in [5, 5.41) is 13.8. The fourth-order valence-electron chi connectivity index (χ4n) is 1.77. The molecular formula is C12H11IN4S. The van der Waals surface area contributed by atoms with E-state index in [0.717, 1.165) is 27.8 Å². The lowest BCUT2D eigenvalue weighted by molar-refractivity contribution is 0.838. The van der Waals surface area contributed by atoms with Gasteiger partial charge in [0.25, 0.3) is 0 Å². The van der Waals surface area contributed by atoms with E-state index in [2.05, 4.69) is 69.9 Å². The summed E-state index contributed by atoms with van der Waals surface area (Å²) >= 11 is 3.92. The van der Waals surface area contributed by atoms with Crippen LogP contribution < -0.4 is 0 Å². The summed E-state index contributed by atoms with van der Waals surface area (Å²) in [5.74, 6) is 0.912. The van der Waals surface area contributed by atoms with E-state index in [0.29, 0.717) is 0 Å². The lowest BCUT2D eigenvalue weighted by atomic mass is 10.1. The monoisotopic (exact) mass is 370 g/mol. The Morgan fingerprint density at radius 3 is 2.89 bits per heavy atom. The molecule has 0 aliphatic rings. The Morgan fingerprint density at radius 1 is 1.33 bits per heavy atom. The quantitative estimate of drug-likeness (QED) is 0.650. The van der Waals surface area contributed by atoms with Crippen molar-refractivity contribution in [2.24, 2.45) is 0 Å². The van der Waals surface area contributed by atoms with Gasteiger partial charge in [0.15, 0.2) is 5.82 Å². The molecular weight excluding hydrogens is 359 g/mol. The van der Waals surface area contributed by atoms with Crippen LogP contribution in [-0.2, 0) is 6.42 Å². The minimum atomic E-state index is 0.843. The number of aromatic nitrogens is 4. The van der Waals surface area contributed by atoms with Gasteiger partial charge >= 0.3 is 0 Å². The molecule has 3 aromatic rings. The standard InChI is InChI=1S/C12H11IN4S/c1-3-10-14-15-12-17(10)16-11(18-12)8-4-5-9(13)7(2)6-8/h4-6H,3H2,1-2H3. The van der Waals surface area contributed by atoms with Gasteiger partial charge in [0, 0.05) is 15.6 Å². The largest absolute Gasteiger partial charge is 0.234 e. The highest BCUT2D eigenvalue weighted by molar-refractivity contribution is 14.1. The number of fused-ring (bicyclic) bond motifs is 1. The molecule has 6 heteroatoms. The summed E-state index contributed by atoms with van der Waals surface area (Å²) in [7, 11) is 0.